The molecule has 0 unspecified atom stereocenters. The highest BCUT2D eigenvalue weighted by Gasteiger charge is 2.19. The second-order valence-corrected chi connectivity index (χ2v) is 6.66. The van der Waals surface area contributed by atoms with E-state index in [0.717, 1.165) is 19.3 Å². The molecule has 0 spiro atoms. The van der Waals surface area contributed by atoms with Crippen molar-refractivity contribution in [3.8, 4) is 17.0 Å². The summed E-state index contributed by atoms with van der Waals surface area (Å²) in [6, 6.07) is 10.7. The van der Waals surface area contributed by atoms with Gasteiger partial charge in [-0.3, -0.25) is 9.59 Å². The zero-order valence-electron chi connectivity index (χ0n) is 14.5. The monoisotopic (exact) mass is 363 g/mol. The molecule has 0 radical (unpaired) electrons. The molecular weight excluding hydrogens is 346 g/mol. The van der Waals surface area contributed by atoms with E-state index in [-0.39, 0.29) is 16.8 Å². The summed E-state index contributed by atoms with van der Waals surface area (Å²) in [7, 11) is 0. The van der Waals surface area contributed by atoms with E-state index in [1.54, 1.807) is 24.3 Å². The average Bonchev–Trinajstić information content (AvgIpc) is 3.00. The van der Waals surface area contributed by atoms with Crippen molar-refractivity contribution in [1.29, 1.82) is 0 Å². The minimum absolute atomic E-state index is 0.184. The maximum absolute atomic E-state index is 12.7. The number of H-pyrrole nitrogens is 1. The lowest BCUT2D eigenvalue weighted by Gasteiger charge is -2.10. The van der Waals surface area contributed by atoms with Crippen LogP contribution < -0.4 is 15.9 Å². The van der Waals surface area contributed by atoms with Crippen molar-refractivity contribution in [3.63, 3.8) is 0 Å². The van der Waals surface area contributed by atoms with E-state index < -0.39 is 0 Å². The van der Waals surface area contributed by atoms with Crippen LogP contribution in [0.25, 0.3) is 33.3 Å². The lowest BCUT2D eigenvalue weighted by atomic mass is 10.1. The van der Waals surface area contributed by atoms with Gasteiger partial charge in [0, 0.05) is 0 Å². The molecular formula is C20H17N3O4. The molecule has 2 aromatic carbocycles. The smallest absolute Gasteiger partial charge is 0.290 e. The Morgan fingerprint density at radius 3 is 2.85 bits per heavy atom. The number of aromatic nitrogens is 3. The van der Waals surface area contributed by atoms with Gasteiger partial charge in [0.15, 0.2) is 5.58 Å². The van der Waals surface area contributed by atoms with Gasteiger partial charge in [0.25, 0.3) is 11.1 Å². The van der Waals surface area contributed by atoms with Crippen LogP contribution in [0.5, 0.6) is 5.75 Å². The first-order chi connectivity index (χ1) is 13.2. The van der Waals surface area contributed by atoms with Gasteiger partial charge < -0.3 is 14.2 Å². The van der Waals surface area contributed by atoms with Crippen molar-refractivity contribution in [2.24, 2.45) is 0 Å². The van der Waals surface area contributed by atoms with E-state index in [1.165, 1.54) is 4.74 Å². The summed E-state index contributed by atoms with van der Waals surface area (Å²) in [5.41, 5.74) is 1.77. The predicted molar refractivity (Wildman–Crippen MR) is 101 cm³/mol. The minimum Gasteiger partial charge on any atom is -0.491 e. The number of aryl methyl sites for hydroxylation is 1. The maximum Gasteiger partial charge on any atom is 0.290 e. The number of hydrogen-bond donors (Lipinski definition) is 1. The Bertz CT molecular complexity index is 1280. The van der Waals surface area contributed by atoms with Gasteiger partial charge in [-0.05, 0) is 43.5 Å². The lowest BCUT2D eigenvalue weighted by Crippen LogP contribution is -2.14. The molecule has 7 nitrogen and oxygen atoms in total. The molecule has 0 saturated heterocycles. The van der Waals surface area contributed by atoms with Crippen molar-refractivity contribution >= 4 is 22.0 Å². The van der Waals surface area contributed by atoms with Crippen LogP contribution in [-0.2, 0) is 6.54 Å². The Labute approximate surface area is 153 Å². The summed E-state index contributed by atoms with van der Waals surface area (Å²) in [6.45, 7) is 1.04. The number of aromatic amines is 1. The summed E-state index contributed by atoms with van der Waals surface area (Å²) >= 11 is 0. The molecule has 4 bridgehead atoms. The van der Waals surface area contributed by atoms with Crippen LogP contribution in [0.15, 0.2) is 50.5 Å². The van der Waals surface area contributed by atoms with Crippen molar-refractivity contribution in [1.82, 2.24) is 14.7 Å². The Kier molecular flexibility index (Phi) is 3.60. The van der Waals surface area contributed by atoms with Crippen molar-refractivity contribution < 1.29 is 9.26 Å². The predicted octanol–water partition coefficient (Wildman–Crippen LogP) is 3.06. The third-order valence-corrected chi connectivity index (χ3v) is 4.88. The van der Waals surface area contributed by atoms with E-state index in [9.17, 15) is 9.59 Å². The molecule has 0 amide bonds. The van der Waals surface area contributed by atoms with Crippen LogP contribution in [-0.4, -0.2) is 21.3 Å². The average molecular weight is 363 g/mol. The quantitative estimate of drug-likeness (QED) is 0.518. The number of fused-ring (bicyclic) bond motifs is 3. The van der Waals surface area contributed by atoms with Gasteiger partial charge in [0.1, 0.15) is 17.0 Å². The summed E-state index contributed by atoms with van der Waals surface area (Å²) in [4.78, 5) is 32.8. The number of rotatable bonds is 0. The number of hydrogen-bond acceptors (Lipinski definition) is 5. The summed E-state index contributed by atoms with van der Waals surface area (Å²) in [6.07, 6.45) is 2.58. The molecule has 3 heterocycles. The zero-order valence-corrected chi connectivity index (χ0v) is 14.5. The highest BCUT2D eigenvalue weighted by atomic mass is 16.5. The Hall–Kier alpha value is -3.35. The number of nitrogens with one attached hydrogen (secondary N) is 1. The Balaban J connectivity index is 1.86. The standard InChI is InChI=1S/C20H17N3O4/c24-19-16-12-6-4-7-13-18(12)27-23(20(13)25)10-2-1-3-11-26-15-9-5-8-14(21-19)17(15)22-16/h4-9H,1-3,10-11H2,(H,21,24). The molecule has 0 atom stereocenters. The molecule has 1 aliphatic heterocycles. The molecule has 0 saturated carbocycles. The number of nitrogens with zero attached hydrogens (tertiary/aromatic N) is 2. The highest BCUT2D eigenvalue weighted by molar-refractivity contribution is 5.92. The van der Waals surface area contributed by atoms with E-state index >= 15 is 0 Å². The second-order valence-electron chi connectivity index (χ2n) is 6.66. The lowest BCUT2D eigenvalue weighted by molar-refractivity contribution is 0.265. The molecule has 1 N–H and O–H groups in total. The summed E-state index contributed by atoms with van der Waals surface area (Å²) in [5.74, 6) is 0.633. The third-order valence-electron chi connectivity index (χ3n) is 4.88. The van der Waals surface area contributed by atoms with Gasteiger partial charge in [0.05, 0.1) is 29.6 Å². The second kappa shape index (κ2) is 6.12. The van der Waals surface area contributed by atoms with Gasteiger partial charge in [0.2, 0.25) is 0 Å². The number of ether oxygens (including phenoxy) is 1. The van der Waals surface area contributed by atoms with Crippen LogP contribution in [0.3, 0.4) is 0 Å². The van der Waals surface area contributed by atoms with Crippen molar-refractivity contribution in [2.75, 3.05) is 6.61 Å². The molecule has 0 aliphatic carbocycles. The van der Waals surface area contributed by atoms with E-state index in [0.29, 0.717) is 46.5 Å². The molecule has 4 aromatic rings. The molecule has 0 fully saturated rings. The third kappa shape index (κ3) is 2.54. The number of benzene rings is 2. The molecule has 1 aliphatic rings. The van der Waals surface area contributed by atoms with E-state index in [2.05, 4.69) is 9.97 Å². The van der Waals surface area contributed by atoms with Crippen molar-refractivity contribution in [2.45, 2.75) is 25.8 Å². The first-order valence-electron chi connectivity index (χ1n) is 9.01. The molecule has 7 heteroatoms. The molecule has 2 aromatic heterocycles. The Morgan fingerprint density at radius 2 is 1.93 bits per heavy atom. The van der Waals surface area contributed by atoms with Gasteiger partial charge in [-0.2, -0.15) is 4.74 Å². The SMILES string of the molecule is O=c1[nH]c2cccc3c2nc1-c1cccc2c(=O)n(oc12)CCCCCO3. The van der Waals surface area contributed by atoms with Crippen LogP contribution in [0, 0.1) is 0 Å². The number of para-hydroxylation sites is 2. The normalized spacial score (nSPS) is 14.5. The first kappa shape index (κ1) is 15.9. The minimum atomic E-state index is -0.338. The molecule has 136 valence electrons. The molecule has 5 rings (SSSR count). The summed E-state index contributed by atoms with van der Waals surface area (Å²) in [5, 5.41) is 0.452. The topological polar surface area (TPSA) is 90.1 Å². The van der Waals surface area contributed by atoms with Gasteiger partial charge >= 0.3 is 0 Å². The fraction of sp³-hybridized carbons (Fsp3) is 0.250. The fourth-order valence-corrected chi connectivity index (χ4v) is 3.52. The van der Waals surface area contributed by atoms with Crippen LogP contribution in [0.2, 0.25) is 0 Å². The Morgan fingerprint density at radius 1 is 1.04 bits per heavy atom. The maximum atomic E-state index is 12.7. The zero-order chi connectivity index (χ0) is 18.4. The van der Waals surface area contributed by atoms with Crippen molar-refractivity contribution in [3.05, 3.63) is 57.1 Å². The largest absolute Gasteiger partial charge is 0.491 e. The van der Waals surface area contributed by atoms with Crippen LogP contribution in [0.4, 0.5) is 0 Å². The van der Waals surface area contributed by atoms with E-state index in [4.69, 9.17) is 9.26 Å². The summed E-state index contributed by atoms with van der Waals surface area (Å²) < 4.78 is 13.1. The molecule has 27 heavy (non-hydrogen) atoms. The van der Waals surface area contributed by atoms with Crippen LogP contribution >= 0.6 is 0 Å². The van der Waals surface area contributed by atoms with Gasteiger partial charge in [-0.1, -0.05) is 12.1 Å². The van der Waals surface area contributed by atoms with Crippen LogP contribution in [0.1, 0.15) is 19.3 Å². The fourth-order valence-electron chi connectivity index (χ4n) is 3.52. The highest BCUT2D eigenvalue weighted by Crippen LogP contribution is 2.28. The van der Waals surface area contributed by atoms with E-state index in [1.807, 2.05) is 12.1 Å². The first-order valence-corrected chi connectivity index (χ1v) is 9.01. The van der Waals surface area contributed by atoms with Gasteiger partial charge in [-0.25, -0.2) is 4.98 Å². The van der Waals surface area contributed by atoms with Gasteiger partial charge in [-0.15, -0.1) is 0 Å².